The van der Waals surface area contributed by atoms with Gasteiger partial charge in [0.05, 0.1) is 5.38 Å². The number of alkyl halides is 1. The highest BCUT2D eigenvalue weighted by Crippen LogP contribution is 2.15. The fraction of sp³-hybridized carbons (Fsp3) is 0.818. The quantitative estimate of drug-likeness (QED) is 0.763. The van der Waals surface area contributed by atoms with E-state index in [1.54, 1.807) is 0 Å². The number of nitrogens with one attached hydrogen (secondary N) is 1. The zero-order valence-electron chi connectivity index (χ0n) is 10.2. The maximum absolute atomic E-state index is 6.19. The average Bonchev–Trinajstić information content (AvgIpc) is 2.62. The number of halogens is 1. The highest BCUT2D eigenvalue weighted by atomic mass is 35.5. The van der Waals surface area contributed by atoms with Crippen LogP contribution in [-0.2, 0) is 6.42 Å². The Morgan fingerprint density at radius 1 is 1.44 bits per heavy atom. The van der Waals surface area contributed by atoms with Crippen molar-refractivity contribution in [3.8, 4) is 0 Å². The fourth-order valence-electron chi connectivity index (χ4n) is 1.44. The molecule has 1 heterocycles. The summed E-state index contributed by atoms with van der Waals surface area (Å²) in [6.45, 7) is 7.26. The van der Waals surface area contributed by atoms with Crippen LogP contribution in [-0.4, -0.2) is 21.3 Å². The summed E-state index contributed by atoms with van der Waals surface area (Å²) in [7, 11) is 0. The number of nitrogens with zero attached hydrogens (tertiary/aromatic N) is 2. The molecule has 0 aliphatic rings. The number of hydrogen-bond donors (Lipinski definition) is 1. The van der Waals surface area contributed by atoms with Gasteiger partial charge in [-0.2, -0.15) is 4.37 Å². The molecule has 0 radical (unpaired) electrons. The molecule has 0 spiro atoms. The summed E-state index contributed by atoms with van der Waals surface area (Å²) in [5.74, 6) is 1.57. The van der Waals surface area contributed by atoms with Crippen molar-refractivity contribution in [2.24, 2.45) is 5.92 Å². The Morgan fingerprint density at radius 3 is 2.81 bits per heavy atom. The van der Waals surface area contributed by atoms with Gasteiger partial charge in [-0.3, -0.25) is 0 Å². The molecule has 16 heavy (non-hydrogen) atoms. The Morgan fingerprint density at radius 2 is 2.19 bits per heavy atom. The third kappa shape index (κ3) is 5.12. The Bertz CT molecular complexity index is 301. The smallest absolute Gasteiger partial charge is 0.202 e. The summed E-state index contributed by atoms with van der Waals surface area (Å²) in [4.78, 5) is 4.39. The molecule has 1 N–H and O–H groups in total. The van der Waals surface area contributed by atoms with Crippen molar-refractivity contribution in [1.29, 1.82) is 0 Å². The largest absolute Gasteiger partial charge is 0.359 e. The monoisotopic (exact) mass is 261 g/mol. The number of aryl methyl sites for hydroxylation is 1. The number of hydrogen-bond acceptors (Lipinski definition) is 4. The first-order valence-electron chi connectivity index (χ1n) is 5.82. The molecular formula is C11H20ClN3S. The van der Waals surface area contributed by atoms with Crippen LogP contribution in [0.25, 0.3) is 0 Å². The van der Waals surface area contributed by atoms with Crippen molar-refractivity contribution in [2.45, 2.75) is 45.4 Å². The average molecular weight is 262 g/mol. The van der Waals surface area contributed by atoms with Gasteiger partial charge in [0.2, 0.25) is 5.13 Å². The summed E-state index contributed by atoms with van der Waals surface area (Å²) in [5.41, 5.74) is 0. The van der Waals surface area contributed by atoms with Crippen LogP contribution < -0.4 is 5.32 Å². The fourth-order valence-corrected chi connectivity index (χ4v) is 2.50. The Kier molecular flexibility index (Phi) is 6.06. The van der Waals surface area contributed by atoms with Crippen molar-refractivity contribution >= 4 is 28.3 Å². The van der Waals surface area contributed by atoms with Crippen LogP contribution in [0.4, 0.5) is 5.13 Å². The molecule has 1 rings (SSSR count). The molecule has 1 aromatic rings. The first kappa shape index (κ1) is 13.7. The van der Waals surface area contributed by atoms with E-state index in [4.69, 9.17) is 11.6 Å². The first-order valence-corrected chi connectivity index (χ1v) is 7.03. The van der Waals surface area contributed by atoms with E-state index in [1.807, 2.05) is 0 Å². The second-order valence-electron chi connectivity index (χ2n) is 4.37. The molecule has 1 unspecified atom stereocenters. The normalized spacial score (nSPS) is 13.1. The molecule has 92 valence electrons. The summed E-state index contributed by atoms with van der Waals surface area (Å²) in [6.07, 6.45) is 3.06. The molecule has 0 amide bonds. The molecule has 0 fully saturated rings. The molecule has 0 aromatic carbocycles. The van der Waals surface area contributed by atoms with Crippen molar-refractivity contribution in [1.82, 2.24) is 9.36 Å². The minimum atomic E-state index is 0.165. The predicted molar refractivity (Wildman–Crippen MR) is 71.5 cm³/mol. The molecule has 0 aliphatic carbocycles. The van der Waals surface area contributed by atoms with E-state index < -0.39 is 0 Å². The third-order valence-corrected chi connectivity index (χ3v) is 3.19. The van der Waals surface area contributed by atoms with Gasteiger partial charge in [-0.1, -0.05) is 20.8 Å². The minimum Gasteiger partial charge on any atom is -0.359 e. The zero-order chi connectivity index (χ0) is 12.0. The molecule has 0 saturated heterocycles. The topological polar surface area (TPSA) is 37.8 Å². The van der Waals surface area contributed by atoms with E-state index in [-0.39, 0.29) is 5.38 Å². The van der Waals surface area contributed by atoms with E-state index >= 15 is 0 Å². The first-order chi connectivity index (χ1) is 7.61. The number of aromatic nitrogens is 2. The van der Waals surface area contributed by atoms with Gasteiger partial charge in [-0.05, 0) is 18.8 Å². The molecule has 0 bridgehead atoms. The van der Waals surface area contributed by atoms with Gasteiger partial charge in [0, 0.05) is 24.5 Å². The summed E-state index contributed by atoms with van der Waals surface area (Å²) >= 11 is 7.61. The Labute approximate surface area is 107 Å². The molecule has 0 saturated carbocycles. The number of anilines is 1. The van der Waals surface area contributed by atoms with Gasteiger partial charge in [0.25, 0.3) is 0 Å². The van der Waals surface area contributed by atoms with Crippen LogP contribution in [0.15, 0.2) is 0 Å². The van der Waals surface area contributed by atoms with Crippen LogP contribution >= 0.6 is 23.1 Å². The third-order valence-electron chi connectivity index (χ3n) is 2.14. The van der Waals surface area contributed by atoms with Crippen LogP contribution in [0, 0.1) is 5.92 Å². The van der Waals surface area contributed by atoms with Gasteiger partial charge in [0.1, 0.15) is 5.82 Å². The van der Waals surface area contributed by atoms with E-state index in [9.17, 15) is 0 Å². The van der Waals surface area contributed by atoms with Gasteiger partial charge >= 0.3 is 0 Å². The van der Waals surface area contributed by atoms with E-state index in [0.717, 1.165) is 36.8 Å². The maximum atomic E-state index is 6.19. The van der Waals surface area contributed by atoms with E-state index in [1.165, 1.54) is 11.5 Å². The second kappa shape index (κ2) is 7.07. The maximum Gasteiger partial charge on any atom is 0.202 e. The predicted octanol–water partition coefficient (Wildman–Crippen LogP) is 3.56. The molecular weight excluding hydrogens is 242 g/mol. The summed E-state index contributed by atoms with van der Waals surface area (Å²) < 4.78 is 4.27. The van der Waals surface area contributed by atoms with Gasteiger partial charge in [0.15, 0.2) is 0 Å². The van der Waals surface area contributed by atoms with Gasteiger partial charge in [-0.15, -0.1) is 11.6 Å². The van der Waals surface area contributed by atoms with E-state index in [0.29, 0.717) is 5.92 Å². The Balaban J connectivity index is 2.30. The lowest BCUT2D eigenvalue weighted by molar-refractivity contribution is 0.572. The highest BCUT2D eigenvalue weighted by molar-refractivity contribution is 7.09. The molecule has 3 nitrogen and oxygen atoms in total. The molecule has 1 atom stereocenters. The lowest BCUT2D eigenvalue weighted by Gasteiger charge is -2.11. The van der Waals surface area contributed by atoms with Crippen LogP contribution in [0.3, 0.4) is 0 Å². The lowest BCUT2D eigenvalue weighted by atomic mass is 10.1. The number of rotatable bonds is 7. The zero-order valence-corrected chi connectivity index (χ0v) is 11.7. The SMILES string of the molecule is CCCc1nsc(NCC(Cl)CC(C)C)n1. The van der Waals surface area contributed by atoms with Crippen LogP contribution in [0.2, 0.25) is 0 Å². The van der Waals surface area contributed by atoms with Crippen LogP contribution in [0.5, 0.6) is 0 Å². The lowest BCUT2D eigenvalue weighted by Crippen LogP contribution is -2.16. The van der Waals surface area contributed by atoms with E-state index in [2.05, 4.69) is 35.4 Å². The van der Waals surface area contributed by atoms with Gasteiger partial charge in [-0.25, -0.2) is 4.98 Å². The molecule has 1 aromatic heterocycles. The van der Waals surface area contributed by atoms with Gasteiger partial charge < -0.3 is 5.32 Å². The molecule has 0 aliphatic heterocycles. The van der Waals surface area contributed by atoms with Crippen molar-refractivity contribution in [3.05, 3.63) is 5.82 Å². The van der Waals surface area contributed by atoms with Crippen LogP contribution in [0.1, 0.15) is 39.4 Å². The standard InChI is InChI=1S/C11H20ClN3S/c1-4-5-10-14-11(16-15-10)13-7-9(12)6-8(2)3/h8-9H,4-7H2,1-3H3,(H,13,14,15). The Hall–Kier alpha value is -0.350. The van der Waals surface area contributed by atoms with Crippen molar-refractivity contribution in [2.75, 3.05) is 11.9 Å². The van der Waals surface area contributed by atoms with Crippen molar-refractivity contribution in [3.63, 3.8) is 0 Å². The van der Waals surface area contributed by atoms with Crippen molar-refractivity contribution < 1.29 is 0 Å². The minimum absolute atomic E-state index is 0.165. The highest BCUT2D eigenvalue weighted by Gasteiger charge is 2.08. The second-order valence-corrected chi connectivity index (χ2v) is 5.74. The molecule has 5 heteroatoms. The summed E-state index contributed by atoms with van der Waals surface area (Å²) in [6, 6.07) is 0. The summed E-state index contributed by atoms with van der Waals surface area (Å²) in [5, 5.41) is 4.29.